The zero-order valence-corrected chi connectivity index (χ0v) is 16.2. The molecule has 6 rings (SSSR count). The van der Waals surface area contributed by atoms with Gasteiger partial charge in [0.05, 0.1) is 22.8 Å². The molecule has 4 saturated carbocycles. The molecule has 4 bridgehead atoms. The van der Waals surface area contributed by atoms with Gasteiger partial charge in [-0.1, -0.05) is 0 Å². The molecule has 2 N–H and O–H groups in total. The lowest BCUT2D eigenvalue weighted by molar-refractivity contribution is -0.150. The SMILES string of the molecule is Cn1ncc(NC(=O)C23CC4CC(C2)CC(n2cnc(Cl)n2)(C4)C3)c1C(=O)O. The molecule has 0 aliphatic heterocycles. The molecule has 2 heterocycles. The highest BCUT2D eigenvalue weighted by molar-refractivity contribution is 6.28. The molecule has 28 heavy (non-hydrogen) atoms. The zero-order chi connectivity index (χ0) is 19.7. The second kappa shape index (κ2) is 5.79. The largest absolute Gasteiger partial charge is 0.476 e. The predicted molar refractivity (Wildman–Crippen MR) is 98.9 cm³/mol. The fourth-order valence-corrected chi connectivity index (χ4v) is 6.38. The van der Waals surface area contributed by atoms with Gasteiger partial charge in [-0.15, -0.1) is 5.10 Å². The number of hydrogen-bond acceptors (Lipinski definition) is 5. The van der Waals surface area contributed by atoms with E-state index in [1.807, 2.05) is 4.68 Å². The van der Waals surface area contributed by atoms with Crippen LogP contribution in [0.3, 0.4) is 0 Å². The molecular formula is C18H21ClN6O3. The lowest BCUT2D eigenvalue weighted by Gasteiger charge is -2.60. The molecular weight excluding hydrogens is 384 g/mol. The first-order valence-electron chi connectivity index (χ1n) is 9.45. The molecule has 2 unspecified atom stereocenters. The number of amides is 1. The van der Waals surface area contributed by atoms with Crippen molar-refractivity contribution in [2.75, 3.05) is 5.32 Å². The third-order valence-corrected chi connectivity index (χ3v) is 7.02. The van der Waals surface area contributed by atoms with Crippen LogP contribution in [0, 0.1) is 17.3 Å². The van der Waals surface area contributed by atoms with Gasteiger partial charge in [0.2, 0.25) is 11.2 Å². The molecule has 2 atom stereocenters. The summed E-state index contributed by atoms with van der Waals surface area (Å²) >= 11 is 5.97. The monoisotopic (exact) mass is 404 g/mol. The minimum Gasteiger partial charge on any atom is -0.476 e. The zero-order valence-electron chi connectivity index (χ0n) is 15.4. The number of nitrogens with zero attached hydrogens (tertiary/aromatic N) is 5. The van der Waals surface area contributed by atoms with Gasteiger partial charge < -0.3 is 10.4 Å². The van der Waals surface area contributed by atoms with Crippen molar-refractivity contribution < 1.29 is 14.7 Å². The molecule has 2 aromatic heterocycles. The summed E-state index contributed by atoms with van der Waals surface area (Å²) in [5.41, 5.74) is -0.551. The highest BCUT2D eigenvalue weighted by Gasteiger charge is 2.61. The third-order valence-electron chi connectivity index (χ3n) is 6.85. The summed E-state index contributed by atoms with van der Waals surface area (Å²) < 4.78 is 3.12. The van der Waals surface area contributed by atoms with Crippen LogP contribution in [-0.2, 0) is 17.4 Å². The summed E-state index contributed by atoms with van der Waals surface area (Å²) in [6.45, 7) is 0. The lowest BCUT2D eigenvalue weighted by Crippen LogP contribution is -2.60. The van der Waals surface area contributed by atoms with Crippen LogP contribution in [0.15, 0.2) is 12.5 Å². The number of aromatic carboxylic acids is 1. The number of carboxylic acids is 1. The summed E-state index contributed by atoms with van der Waals surface area (Å²) in [4.78, 5) is 29.0. The standard InChI is InChI=1S/C18H21ClN6O3/c1-24-13(14(26)27)12(7-21-24)22-15(28)17-3-10-2-11(4-17)6-18(5-10,8-17)25-9-20-16(19)23-25/h7,9-11H,2-6,8H2,1H3,(H,22,28)(H,26,27). The summed E-state index contributed by atoms with van der Waals surface area (Å²) in [5.74, 6) is -0.340. The average Bonchev–Trinajstić information content (AvgIpc) is 3.20. The number of nitrogens with one attached hydrogen (secondary N) is 1. The van der Waals surface area contributed by atoms with Crippen molar-refractivity contribution in [1.29, 1.82) is 0 Å². The first kappa shape index (κ1) is 17.7. The molecule has 9 nitrogen and oxygen atoms in total. The van der Waals surface area contributed by atoms with Gasteiger partial charge in [0, 0.05) is 7.05 Å². The minimum absolute atomic E-state index is 0.0177. The summed E-state index contributed by atoms with van der Waals surface area (Å²) in [7, 11) is 1.55. The van der Waals surface area contributed by atoms with Crippen LogP contribution < -0.4 is 5.32 Å². The maximum atomic E-state index is 13.4. The predicted octanol–water partition coefficient (Wildman–Crippen LogP) is 2.30. The van der Waals surface area contributed by atoms with E-state index >= 15 is 0 Å². The van der Waals surface area contributed by atoms with Crippen LogP contribution in [0.2, 0.25) is 5.28 Å². The number of rotatable bonds is 4. The Morgan fingerprint density at radius 2 is 2.00 bits per heavy atom. The quantitative estimate of drug-likeness (QED) is 0.807. The number of aromatic nitrogens is 5. The van der Waals surface area contributed by atoms with E-state index in [4.69, 9.17) is 11.6 Å². The number of carbonyl (C=O) groups is 2. The van der Waals surface area contributed by atoms with Crippen LogP contribution in [-0.4, -0.2) is 41.5 Å². The van der Waals surface area contributed by atoms with E-state index in [1.165, 1.54) is 10.9 Å². The number of halogens is 1. The second-order valence-electron chi connectivity index (χ2n) is 8.71. The van der Waals surface area contributed by atoms with Crippen molar-refractivity contribution in [3.63, 3.8) is 0 Å². The van der Waals surface area contributed by atoms with Gasteiger partial charge in [0.15, 0.2) is 5.69 Å². The van der Waals surface area contributed by atoms with Crippen LogP contribution in [0.1, 0.15) is 49.0 Å². The van der Waals surface area contributed by atoms with Gasteiger partial charge in [0.1, 0.15) is 6.33 Å². The Balaban J connectivity index is 1.48. The lowest BCUT2D eigenvalue weighted by atomic mass is 9.46. The van der Waals surface area contributed by atoms with Gasteiger partial charge in [-0.25, -0.2) is 14.5 Å². The van der Waals surface area contributed by atoms with Crippen molar-refractivity contribution in [2.45, 2.75) is 44.1 Å². The Kier molecular flexibility index (Phi) is 3.65. The Morgan fingerprint density at radius 1 is 1.29 bits per heavy atom. The minimum atomic E-state index is -1.12. The molecule has 0 radical (unpaired) electrons. The average molecular weight is 405 g/mol. The number of aryl methyl sites for hydroxylation is 1. The van der Waals surface area contributed by atoms with Crippen LogP contribution in [0.4, 0.5) is 5.69 Å². The van der Waals surface area contributed by atoms with Crippen molar-refractivity contribution in [1.82, 2.24) is 24.5 Å². The van der Waals surface area contributed by atoms with Gasteiger partial charge in [-0.3, -0.25) is 9.48 Å². The maximum Gasteiger partial charge on any atom is 0.356 e. The highest BCUT2D eigenvalue weighted by Crippen LogP contribution is 2.64. The smallest absolute Gasteiger partial charge is 0.356 e. The first-order valence-corrected chi connectivity index (χ1v) is 9.82. The highest BCUT2D eigenvalue weighted by atomic mass is 35.5. The van der Waals surface area contributed by atoms with Crippen LogP contribution >= 0.6 is 11.6 Å². The Labute approximate surface area is 166 Å². The van der Waals surface area contributed by atoms with E-state index in [-0.39, 0.29) is 28.1 Å². The van der Waals surface area contributed by atoms with Gasteiger partial charge in [-0.2, -0.15) is 5.10 Å². The second-order valence-corrected chi connectivity index (χ2v) is 9.05. The molecule has 4 fully saturated rings. The molecule has 148 valence electrons. The number of carboxylic acid groups (broad SMARTS) is 1. The van der Waals surface area contributed by atoms with E-state index in [0.29, 0.717) is 18.3 Å². The van der Waals surface area contributed by atoms with E-state index < -0.39 is 11.4 Å². The van der Waals surface area contributed by atoms with Gasteiger partial charge in [0.25, 0.3) is 0 Å². The van der Waals surface area contributed by atoms with Gasteiger partial charge >= 0.3 is 5.97 Å². The van der Waals surface area contributed by atoms with Crippen molar-refractivity contribution in [3.8, 4) is 0 Å². The van der Waals surface area contributed by atoms with E-state index in [2.05, 4.69) is 20.5 Å². The number of anilines is 1. The van der Waals surface area contributed by atoms with E-state index in [0.717, 1.165) is 32.1 Å². The van der Waals surface area contributed by atoms with E-state index in [1.54, 1.807) is 13.4 Å². The van der Waals surface area contributed by atoms with Crippen molar-refractivity contribution in [3.05, 3.63) is 23.5 Å². The fourth-order valence-electron chi connectivity index (χ4n) is 6.26. The third kappa shape index (κ3) is 2.48. The molecule has 0 spiro atoms. The fraction of sp³-hybridized carbons (Fsp3) is 0.611. The molecule has 4 aliphatic carbocycles. The maximum absolute atomic E-state index is 13.4. The molecule has 2 aromatic rings. The van der Waals surface area contributed by atoms with Crippen molar-refractivity contribution >= 4 is 29.2 Å². The molecule has 10 heteroatoms. The Morgan fingerprint density at radius 3 is 2.61 bits per heavy atom. The van der Waals surface area contributed by atoms with Crippen molar-refractivity contribution in [2.24, 2.45) is 24.3 Å². The normalized spacial score (nSPS) is 33.2. The molecule has 1 amide bonds. The topological polar surface area (TPSA) is 115 Å². The summed E-state index contributed by atoms with van der Waals surface area (Å²) in [5, 5.41) is 20.9. The Bertz CT molecular complexity index is 968. The first-order chi connectivity index (χ1) is 13.3. The summed E-state index contributed by atoms with van der Waals surface area (Å²) in [6, 6.07) is 0. The Hall–Kier alpha value is -2.42. The van der Waals surface area contributed by atoms with Crippen LogP contribution in [0.25, 0.3) is 0 Å². The summed E-state index contributed by atoms with van der Waals surface area (Å²) in [6.07, 6.45) is 8.47. The van der Waals surface area contributed by atoms with Crippen LogP contribution in [0.5, 0.6) is 0 Å². The number of hydrogen-bond donors (Lipinski definition) is 2. The van der Waals surface area contributed by atoms with E-state index in [9.17, 15) is 14.7 Å². The van der Waals surface area contributed by atoms with Gasteiger partial charge in [-0.05, 0) is 62.0 Å². The molecule has 4 aliphatic rings. The molecule has 0 saturated heterocycles. The number of carbonyl (C=O) groups excluding carboxylic acids is 1. The molecule has 0 aromatic carbocycles.